The molecule has 0 aliphatic carbocycles. The third-order valence-corrected chi connectivity index (χ3v) is 5.29. The molecule has 0 radical (unpaired) electrons. The van der Waals surface area contributed by atoms with Crippen molar-refractivity contribution in [1.29, 1.82) is 0 Å². The third-order valence-electron chi connectivity index (χ3n) is 5.29. The molecule has 1 atom stereocenters. The molecule has 0 spiro atoms. The first-order chi connectivity index (χ1) is 16.7. The molecule has 10 N–H and O–H groups in total. The number of benzene rings is 1. The number of hydrogen-bond acceptors (Lipinski definition) is 9. The molecule has 13 nitrogen and oxygen atoms in total. The maximum atomic E-state index is 12.5. The SMILES string of the molecule is NCC(=O)NC(=O)CC[C@H](NC(=O)c1ccc(CCc2c[nH]c3nc(N)nc(N)c23)cc1)C(=O)O. The van der Waals surface area contributed by atoms with Gasteiger partial charge in [0.15, 0.2) is 0 Å². The molecule has 13 heteroatoms. The van der Waals surface area contributed by atoms with Crippen LogP contribution in [0.15, 0.2) is 30.5 Å². The van der Waals surface area contributed by atoms with Gasteiger partial charge in [-0.3, -0.25) is 19.7 Å². The zero-order valence-corrected chi connectivity index (χ0v) is 18.7. The fourth-order valence-corrected chi connectivity index (χ4v) is 3.49. The highest BCUT2D eigenvalue weighted by Gasteiger charge is 2.22. The van der Waals surface area contributed by atoms with Crippen LogP contribution in [0.5, 0.6) is 0 Å². The second kappa shape index (κ2) is 11.1. The summed E-state index contributed by atoms with van der Waals surface area (Å²) < 4.78 is 0. The Balaban J connectivity index is 1.57. The van der Waals surface area contributed by atoms with Crippen molar-refractivity contribution in [2.24, 2.45) is 5.73 Å². The van der Waals surface area contributed by atoms with Crippen LogP contribution in [0.25, 0.3) is 11.0 Å². The highest BCUT2D eigenvalue weighted by Crippen LogP contribution is 2.24. The van der Waals surface area contributed by atoms with Gasteiger partial charge in [-0.25, -0.2) is 4.79 Å². The van der Waals surface area contributed by atoms with E-state index in [4.69, 9.17) is 17.2 Å². The second-order valence-corrected chi connectivity index (χ2v) is 7.78. The van der Waals surface area contributed by atoms with Crippen molar-refractivity contribution in [1.82, 2.24) is 25.6 Å². The number of carboxylic acid groups (broad SMARTS) is 1. The van der Waals surface area contributed by atoms with E-state index in [1.165, 1.54) is 0 Å². The molecular weight excluding hydrogens is 456 g/mol. The van der Waals surface area contributed by atoms with Crippen molar-refractivity contribution in [3.63, 3.8) is 0 Å². The molecule has 0 unspecified atom stereocenters. The number of anilines is 2. The zero-order chi connectivity index (χ0) is 25.5. The minimum atomic E-state index is -1.30. The number of nitrogens with zero attached hydrogens (tertiary/aromatic N) is 2. The van der Waals surface area contributed by atoms with E-state index in [9.17, 15) is 24.3 Å². The number of carbonyl (C=O) groups is 4. The Kier molecular flexibility index (Phi) is 7.94. The Bertz CT molecular complexity index is 1250. The predicted molar refractivity (Wildman–Crippen MR) is 127 cm³/mol. The van der Waals surface area contributed by atoms with E-state index in [1.807, 2.05) is 5.32 Å². The lowest BCUT2D eigenvalue weighted by Crippen LogP contribution is -2.42. The van der Waals surface area contributed by atoms with Crippen molar-refractivity contribution < 1.29 is 24.3 Å². The summed E-state index contributed by atoms with van der Waals surface area (Å²) in [4.78, 5) is 57.9. The number of fused-ring (bicyclic) bond motifs is 1. The van der Waals surface area contributed by atoms with Crippen molar-refractivity contribution in [3.05, 3.63) is 47.2 Å². The Hall–Kier alpha value is -4.52. The van der Waals surface area contributed by atoms with Crippen LogP contribution in [0, 0.1) is 0 Å². The molecule has 2 heterocycles. The highest BCUT2D eigenvalue weighted by atomic mass is 16.4. The summed E-state index contributed by atoms with van der Waals surface area (Å²) in [5.41, 5.74) is 19.4. The van der Waals surface area contributed by atoms with E-state index in [-0.39, 0.29) is 30.9 Å². The van der Waals surface area contributed by atoms with Gasteiger partial charge in [-0.1, -0.05) is 12.1 Å². The van der Waals surface area contributed by atoms with Crippen LogP contribution in [0.3, 0.4) is 0 Å². The number of rotatable bonds is 10. The molecule has 3 amide bonds. The number of nitrogens with one attached hydrogen (secondary N) is 3. The van der Waals surface area contributed by atoms with Gasteiger partial charge in [0, 0.05) is 18.2 Å². The average molecular weight is 483 g/mol. The summed E-state index contributed by atoms with van der Waals surface area (Å²) in [6.45, 7) is -0.361. The van der Waals surface area contributed by atoms with Crippen LogP contribution >= 0.6 is 0 Å². The fourth-order valence-electron chi connectivity index (χ4n) is 3.49. The topological polar surface area (TPSA) is 232 Å². The molecule has 0 aliphatic heterocycles. The van der Waals surface area contributed by atoms with E-state index in [2.05, 4.69) is 20.3 Å². The standard InChI is InChI=1S/C22H26N8O5/c23-9-16(32)28-15(31)8-7-14(21(34)35)27-20(33)12-4-1-11(2-5-12)3-6-13-10-26-19-17(13)18(24)29-22(25)30-19/h1-2,4-5,10,14H,3,6-9,23H2,(H,27,33)(H,34,35)(H,28,31,32)(H5,24,25,26,29,30)/t14-/m0/s1. The van der Waals surface area contributed by atoms with Gasteiger partial charge < -0.3 is 32.6 Å². The number of aliphatic carboxylic acids is 1. The monoisotopic (exact) mass is 482 g/mol. The first kappa shape index (κ1) is 25.1. The van der Waals surface area contributed by atoms with Crippen molar-refractivity contribution in [2.75, 3.05) is 18.0 Å². The lowest BCUT2D eigenvalue weighted by atomic mass is 10.0. The van der Waals surface area contributed by atoms with Gasteiger partial charge in [-0.05, 0) is 42.5 Å². The van der Waals surface area contributed by atoms with E-state index in [0.29, 0.717) is 24.3 Å². The number of hydrogen-bond donors (Lipinski definition) is 7. The Morgan fingerprint density at radius 3 is 2.40 bits per heavy atom. The highest BCUT2D eigenvalue weighted by molar-refractivity contribution is 5.98. The first-order valence-corrected chi connectivity index (χ1v) is 10.7. The summed E-state index contributed by atoms with van der Waals surface area (Å²) in [5, 5.41) is 14.5. The first-order valence-electron chi connectivity index (χ1n) is 10.7. The number of amides is 3. The quantitative estimate of drug-likeness (QED) is 0.195. The van der Waals surface area contributed by atoms with E-state index in [0.717, 1.165) is 16.5 Å². The largest absolute Gasteiger partial charge is 0.480 e. The van der Waals surface area contributed by atoms with Gasteiger partial charge >= 0.3 is 5.97 Å². The predicted octanol–water partition coefficient (Wildman–Crippen LogP) is -0.528. The van der Waals surface area contributed by atoms with Crippen LogP contribution in [0.2, 0.25) is 0 Å². The van der Waals surface area contributed by atoms with Crippen LogP contribution < -0.4 is 27.8 Å². The second-order valence-electron chi connectivity index (χ2n) is 7.78. The average Bonchev–Trinajstić information content (AvgIpc) is 3.23. The van der Waals surface area contributed by atoms with E-state index >= 15 is 0 Å². The van der Waals surface area contributed by atoms with Gasteiger partial charge in [0.05, 0.1) is 11.9 Å². The van der Waals surface area contributed by atoms with E-state index in [1.54, 1.807) is 30.5 Å². The minimum absolute atomic E-state index is 0.0902. The molecule has 1 aromatic carbocycles. The Labute approximate surface area is 199 Å². The van der Waals surface area contributed by atoms with Crippen LogP contribution in [0.4, 0.5) is 11.8 Å². The molecule has 0 saturated heterocycles. The lowest BCUT2D eigenvalue weighted by molar-refractivity contribution is -0.139. The Morgan fingerprint density at radius 1 is 1.03 bits per heavy atom. The number of carbonyl (C=O) groups excluding carboxylic acids is 3. The normalized spacial score (nSPS) is 11.7. The molecule has 0 aliphatic rings. The summed E-state index contributed by atoms with van der Waals surface area (Å²) in [6, 6.07) is 5.41. The van der Waals surface area contributed by atoms with Gasteiger partial charge in [0.1, 0.15) is 17.5 Å². The molecule has 0 bridgehead atoms. The number of nitrogen functional groups attached to an aromatic ring is 2. The summed E-state index contributed by atoms with van der Waals surface area (Å²) in [5.74, 6) is -2.84. The molecule has 184 valence electrons. The van der Waals surface area contributed by atoms with E-state index < -0.39 is 29.7 Å². The fraction of sp³-hybridized carbons (Fsp3) is 0.273. The zero-order valence-electron chi connectivity index (χ0n) is 18.7. The maximum Gasteiger partial charge on any atom is 0.326 e. The van der Waals surface area contributed by atoms with Gasteiger partial charge in [-0.2, -0.15) is 9.97 Å². The number of aromatic nitrogens is 3. The van der Waals surface area contributed by atoms with Crippen molar-refractivity contribution in [3.8, 4) is 0 Å². The summed E-state index contributed by atoms with van der Waals surface area (Å²) in [7, 11) is 0. The number of aromatic amines is 1. The van der Waals surface area contributed by atoms with Crippen LogP contribution in [-0.2, 0) is 27.2 Å². The van der Waals surface area contributed by atoms with Crippen LogP contribution in [-0.4, -0.2) is 56.3 Å². The van der Waals surface area contributed by atoms with Crippen LogP contribution in [0.1, 0.15) is 34.3 Å². The van der Waals surface area contributed by atoms with Crippen molar-refractivity contribution in [2.45, 2.75) is 31.7 Å². The molecule has 0 fully saturated rings. The number of imide groups is 1. The molecule has 2 aromatic heterocycles. The summed E-state index contributed by atoms with van der Waals surface area (Å²) in [6.07, 6.45) is 2.63. The molecule has 35 heavy (non-hydrogen) atoms. The minimum Gasteiger partial charge on any atom is -0.480 e. The summed E-state index contributed by atoms with van der Waals surface area (Å²) >= 11 is 0. The third kappa shape index (κ3) is 6.51. The number of nitrogens with two attached hydrogens (primary N) is 3. The smallest absolute Gasteiger partial charge is 0.326 e. The number of aryl methyl sites for hydroxylation is 2. The molecular formula is C22H26N8O5. The molecule has 3 aromatic rings. The molecule has 0 saturated carbocycles. The van der Waals surface area contributed by atoms with Gasteiger partial charge in [0.25, 0.3) is 5.91 Å². The Morgan fingerprint density at radius 2 is 1.74 bits per heavy atom. The molecule has 3 rings (SSSR count). The lowest BCUT2D eigenvalue weighted by Gasteiger charge is -2.14. The number of H-pyrrole nitrogens is 1. The number of carboxylic acids is 1. The maximum absolute atomic E-state index is 12.5. The van der Waals surface area contributed by atoms with Crippen molar-refractivity contribution >= 4 is 46.5 Å². The van der Waals surface area contributed by atoms with Gasteiger partial charge in [-0.15, -0.1) is 0 Å². The van der Waals surface area contributed by atoms with Gasteiger partial charge in [0.2, 0.25) is 17.8 Å².